The topological polar surface area (TPSA) is 76.0 Å². The number of aromatic nitrogens is 2. The Labute approximate surface area is 196 Å². The van der Waals surface area contributed by atoms with E-state index in [1.807, 2.05) is 41.9 Å². The predicted molar refractivity (Wildman–Crippen MR) is 128 cm³/mol. The van der Waals surface area contributed by atoms with Crippen LogP contribution in [0.25, 0.3) is 5.69 Å². The van der Waals surface area contributed by atoms with Gasteiger partial charge < -0.3 is 10.6 Å². The lowest BCUT2D eigenvalue weighted by Crippen LogP contribution is -2.48. The fraction of sp³-hybridized carbons (Fsp3) is 0.269. The number of fused-ring (bicyclic) bond motifs is 5. The molecule has 6 rings (SSSR count). The highest BCUT2D eigenvalue weighted by molar-refractivity contribution is 6.31. The second-order valence-corrected chi connectivity index (χ2v) is 10.3. The third-order valence-corrected chi connectivity index (χ3v) is 7.17. The summed E-state index contributed by atoms with van der Waals surface area (Å²) in [6, 6.07) is 15.2. The molecule has 1 aliphatic carbocycles. The van der Waals surface area contributed by atoms with Crippen molar-refractivity contribution < 1.29 is 9.59 Å². The second-order valence-electron chi connectivity index (χ2n) is 9.87. The van der Waals surface area contributed by atoms with Crippen molar-refractivity contribution in [2.45, 2.75) is 39.0 Å². The molecule has 166 valence electrons. The molecule has 1 atom stereocenters. The van der Waals surface area contributed by atoms with Gasteiger partial charge >= 0.3 is 0 Å². The number of Topliss-reactive ketones (excluding diaryl/α,β-unsaturated/α-hetero) is 1. The molecule has 0 bridgehead atoms. The Morgan fingerprint density at radius 3 is 2.55 bits per heavy atom. The van der Waals surface area contributed by atoms with Crippen molar-refractivity contribution in [1.29, 1.82) is 0 Å². The Kier molecular flexibility index (Phi) is 4.03. The van der Waals surface area contributed by atoms with Gasteiger partial charge in [-0.15, -0.1) is 0 Å². The van der Waals surface area contributed by atoms with E-state index in [0.717, 1.165) is 11.4 Å². The van der Waals surface area contributed by atoms with Crippen LogP contribution in [-0.4, -0.2) is 21.5 Å². The summed E-state index contributed by atoms with van der Waals surface area (Å²) in [6.07, 6.45) is 1.02. The molecule has 0 saturated carbocycles. The standard InChI is InChI=1S/C26H23ClN4O2/c1-14-21-23(31(30-14)16-7-5-4-6-8-16)28-19-12-25(2,3)13-20(32)22(19)26(21)17-11-15(27)9-10-18(17)29-24(26)33/h4-11,28H,12-13H2,1-3H3,(H,29,33)/t26-/m1/s1. The maximum absolute atomic E-state index is 13.9. The van der Waals surface area contributed by atoms with E-state index < -0.39 is 5.41 Å². The Morgan fingerprint density at radius 2 is 1.79 bits per heavy atom. The summed E-state index contributed by atoms with van der Waals surface area (Å²) in [4.78, 5) is 27.6. The van der Waals surface area contributed by atoms with E-state index in [9.17, 15) is 9.59 Å². The van der Waals surface area contributed by atoms with E-state index in [4.69, 9.17) is 16.7 Å². The van der Waals surface area contributed by atoms with Crippen molar-refractivity contribution in [3.63, 3.8) is 0 Å². The zero-order chi connectivity index (χ0) is 23.1. The Morgan fingerprint density at radius 1 is 1.03 bits per heavy atom. The molecule has 2 N–H and O–H groups in total. The largest absolute Gasteiger partial charge is 0.343 e. The average Bonchev–Trinajstić information content (AvgIpc) is 3.22. The first-order valence-electron chi connectivity index (χ1n) is 11.0. The number of ketones is 1. The maximum Gasteiger partial charge on any atom is 0.244 e. The summed E-state index contributed by atoms with van der Waals surface area (Å²) in [7, 11) is 0. The summed E-state index contributed by atoms with van der Waals surface area (Å²) < 4.78 is 1.83. The summed E-state index contributed by atoms with van der Waals surface area (Å²) >= 11 is 6.42. The molecule has 0 fully saturated rings. The van der Waals surface area contributed by atoms with Gasteiger partial charge in [0.15, 0.2) is 5.78 Å². The van der Waals surface area contributed by atoms with Gasteiger partial charge in [-0.05, 0) is 49.1 Å². The summed E-state index contributed by atoms with van der Waals surface area (Å²) in [5, 5.41) is 11.9. The van der Waals surface area contributed by atoms with Gasteiger partial charge in [-0.2, -0.15) is 5.10 Å². The number of allylic oxidation sites excluding steroid dienone is 1. The van der Waals surface area contributed by atoms with Crippen LogP contribution in [0.2, 0.25) is 5.02 Å². The van der Waals surface area contributed by atoms with Gasteiger partial charge in [-0.25, -0.2) is 4.68 Å². The minimum atomic E-state index is -1.29. The number of nitrogens with one attached hydrogen (secondary N) is 2. The molecule has 1 spiro atoms. The quantitative estimate of drug-likeness (QED) is 0.529. The van der Waals surface area contributed by atoms with Crippen molar-refractivity contribution in [3.8, 4) is 5.69 Å². The normalized spacial score (nSPS) is 22.5. The van der Waals surface area contributed by atoms with Crippen molar-refractivity contribution in [2.24, 2.45) is 5.41 Å². The zero-order valence-corrected chi connectivity index (χ0v) is 19.4. The van der Waals surface area contributed by atoms with E-state index in [1.54, 1.807) is 18.2 Å². The second kappa shape index (κ2) is 6.58. The molecule has 33 heavy (non-hydrogen) atoms. The van der Waals surface area contributed by atoms with Gasteiger partial charge in [0.05, 0.1) is 11.4 Å². The highest BCUT2D eigenvalue weighted by Crippen LogP contribution is 2.58. The first-order chi connectivity index (χ1) is 15.7. The predicted octanol–water partition coefficient (Wildman–Crippen LogP) is 5.14. The molecular weight excluding hydrogens is 436 g/mol. The minimum absolute atomic E-state index is 0.0192. The molecule has 3 aromatic rings. The molecule has 3 heterocycles. The maximum atomic E-state index is 13.9. The van der Waals surface area contributed by atoms with Crippen molar-refractivity contribution in [2.75, 3.05) is 10.6 Å². The highest BCUT2D eigenvalue weighted by Gasteiger charge is 2.60. The van der Waals surface area contributed by atoms with Gasteiger partial charge in [0, 0.05) is 39.5 Å². The van der Waals surface area contributed by atoms with Gasteiger partial charge in [-0.3, -0.25) is 9.59 Å². The Hall–Kier alpha value is -3.38. The lowest BCUT2D eigenvalue weighted by molar-refractivity contribution is -0.123. The molecule has 1 aromatic heterocycles. The van der Waals surface area contributed by atoms with Gasteiger partial charge in [0.2, 0.25) is 5.91 Å². The molecule has 1 amide bonds. The molecule has 6 nitrogen and oxygen atoms in total. The van der Waals surface area contributed by atoms with E-state index >= 15 is 0 Å². The Balaban J connectivity index is 1.74. The number of para-hydroxylation sites is 1. The third-order valence-electron chi connectivity index (χ3n) is 6.93. The van der Waals surface area contributed by atoms with E-state index in [1.165, 1.54) is 0 Å². The highest BCUT2D eigenvalue weighted by atomic mass is 35.5. The number of rotatable bonds is 1. The molecule has 0 radical (unpaired) electrons. The fourth-order valence-corrected chi connectivity index (χ4v) is 5.92. The van der Waals surface area contributed by atoms with Crippen LogP contribution in [0, 0.1) is 12.3 Å². The van der Waals surface area contributed by atoms with Crippen molar-refractivity contribution in [1.82, 2.24) is 9.78 Å². The SMILES string of the molecule is Cc1nn(-c2ccccc2)c2c1[C@@]1(C(=O)Nc3ccc(Cl)cc31)C1=C(CC(C)(C)CC1=O)N2. The van der Waals surface area contributed by atoms with Gasteiger partial charge in [-0.1, -0.05) is 43.6 Å². The zero-order valence-electron chi connectivity index (χ0n) is 18.6. The molecule has 0 saturated heterocycles. The smallest absolute Gasteiger partial charge is 0.244 e. The summed E-state index contributed by atoms with van der Waals surface area (Å²) in [5.41, 5.74) is 3.44. The van der Waals surface area contributed by atoms with Crippen LogP contribution in [0.4, 0.5) is 11.5 Å². The molecule has 2 aromatic carbocycles. The number of carbonyl (C=O) groups excluding carboxylic acids is 2. The van der Waals surface area contributed by atoms with Crippen LogP contribution < -0.4 is 10.6 Å². The number of amides is 1. The average molecular weight is 459 g/mol. The molecule has 2 aliphatic heterocycles. The van der Waals surface area contributed by atoms with Crippen molar-refractivity contribution in [3.05, 3.63) is 81.6 Å². The number of nitrogens with zero attached hydrogens (tertiary/aromatic N) is 2. The number of benzene rings is 2. The lowest BCUT2D eigenvalue weighted by Gasteiger charge is -2.42. The Bertz CT molecular complexity index is 1400. The summed E-state index contributed by atoms with van der Waals surface area (Å²) in [6.45, 7) is 6.05. The van der Waals surface area contributed by atoms with Crippen LogP contribution in [0.1, 0.15) is 43.5 Å². The monoisotopic (exact) mass is 458 g/mol. The number of halogens is 1. The van der Waals surface area contributed by atoms with Crippen LogP contribution in [0.3, 0.4) is 0 Å². The van der Waals surface area contributed by atoms with Crippen LogP contribution in [-0.2, 0) is 15.0 Å². The number of anilines is 2. The molecule has 3 aliphatic rings. The van der Waals surface area contributed by atoms with E-state index in [-0.39, 0.29) is 17.1 Å². The minimum Gasteiger partial charge on any atom is -0.343 e. The van der Waals surface area contributed by atoms with E-state index in [0.29, 0.717) is 51.8 Å². The van der Waals surface area contributed by atoms with Crippen LogP contribution in [0.5, 0.6) is 0 Å². The van der Waals surface area contributed by atoms with Crippen LogP contribution >= 0.6 is 11.6 Å². The number of hydrogen-bond donors (Lipinski definition) is 2. The molecule has 7 heteroatoms. The molecular formula is C26H23ClN4O2. The van der Waals surface area contributed by atoms with Gasteiger partial charge in [0.1, 0.15) is 11.2 Å². The van der Waals surface area contributed by atoms with Crippen LogP contribution in [0.15, 0.2) is 59.8 Å². The number of aryl methyl sites for hydroxylation is 1. The fourth-order valence-electron chi connectivity index (χ4n) is 5.75. The first kappa shape index (κ1) is 20.2. The van der Waals surface area contributed by atoms with Crippen molar-refractivity contribution >= 4 is 34.8 Å². The van der Waals surface area contributed by atoms with E-state index in [2.05, 4.69) is 24.5 Å². The number of carbonyl (C=O) groups is 2. The molecule has 0 unspecified atom stereocenters. The van der Waals surface area contributed by atoms with Gasteiger partial charge in [0.25, 0.3) is 0 Å². The lowest BCUT2D eigenvalue weighted by atomic mass is 9.61. The first-order valence-corrected chi connectivity index (χ1v) is 11.4. The summed E-state index contributed by atoms with van der Waals surface area (Å²) in [5.74, 6) is 0.457. The number of hydrogen-bond acceptors (Lipinski definition) is 4. The third kappa shape index (κ3) is 2.64.